The minimum atomic E-state index is -0.773. The van der Waals surface area contributed by atoms with Gasteiger partial charge in [-0.1, -0.05) is 24.6 Å². The summed E-state index contributed by atoms with van der Waals surface area (Å²) in [4.78, 5) is 12.7. The van der Waals surface area contributed by atoms with Gasteiger partial charge in [0.25, 0.3) is 0 Å². The summed E-state index contributed by atoms with van der Waals surface area (Å²) in [5, 5.41) is 9.49. The Morgan fingerprint density at radius 3 is 2.76 bits per heavy atom. The first-order valence-corrected chi connectivity index (χ1v) is 6.42. The molecular weight excluding hydrogens is 305 g/mol. The first kappa shape index (κ1) is 14.5. The quantitative estimate of drug-likeness (QED) is 0.905. The maximum atomic E-state index is 10.7. The Morgan fingerprint density at radius 2 is 2.24 bits per heavy atom. The Labute approximate surface area is 115 Å². The number of carboxylic acids is 1. The molecule has 0 aromatic heterocycles. The highest BCUT2D eigenvalue weighted by Gasteiger charge is 2.13. The average molecular weight is 321 g/mol. The molecule has 1 N–H and O–H groups in total. The van der Waals surface area contributed by atoms with E-state index in [-0.39, 0.29) is 5.92 Å². The third-order valence-electron chi connectivity index (χ3n) is 2.44. The van der Waals surface area contributed by atoms with Gasteiger partial charge in [-0.25, -0.2) is 0 Å². The third-order valence-corrected chi connectivity index (χ3v) is 3.68. The van der Waals surface area contributed by atoms with E-state index in [9.17, 15) is 4.79 Å². The van der Waals surface area contributed by atoms with E-state index in [0.717, 1.165) is 10.0 Å². The average Bonchev–Trinajstić information content (AvgIpc) is 2.23. The van der Waals surface area contributed by atoms with Crippen LogP contribution in [-0.4, -0.2) is 29.6 Å². The van der Waals surface area contributed by atoms with E-state index in [0.29, 0.717) is 18.1 Å². The van der Waals surface area contributed by atoms with Crippen LogP contribution in [0.4, 0.5) is 0 Å². The van der Waals surface area contributed by atoms with Crippen molar-refractivity contribution in [2.24, 2.45) is 5.92 Å². The fourth-order valence-corrected chi connectivity index (χ4v) is 2.01. The van der Waals surface area contributed by atoms with E-state index >= 15 is 0 Å². The van der Waals surface area contributed by atoms with Crippen molar-refractivity contribution in [1.29, 1.82) is 0 Å². The smallest absolute Gasteiger partial charge is 0.307 e. The molecule has 1 atom stereocenters. The Kier molecular flexibility index (Phi) is 5.43. The zero-order valence-corrected chi connectivity index (χ0v) is 12.1. The number of halogens is 2. The van der Waals surface area contributed by atoms with Crippen LogP contribution >= 0.6 is 27.5 Å². The van der Waals surface area contributed by atoms with Gasteiger partial charge in [0.15, 0.2) is 0 Å². The second-order valence-electron chi connectivity index (χ2n) is 4.18. The SMILES string of the molecule is CC(CN(C)Cc1ccc(Br)c(Cl)c1)C(=O)O. The Hall–Kier alpha value is -0.580. The maximum absolute atomic E-state index is 10.7. The summed E-state index contributed by atoms with van der Waals surface area (Å²) in [5.41, 5.74) is 1.07. The van der Waals surface area contributed by atoms with Gasteiger partial charge >= 0.3 is 5.97 Å². The van der Waals surface area contributed by atoms with Crippen LogP contribution in [0.5, 0.6) is 0 Å². The molecule has 0 saturated carbocycles. The van der Waals surface area contributed by atoms with Gasteiger partial charge in [-0.2, -0.15) is 0 Å². The van der Waals surface area contributed by atoms with Gasteiger partial charge in [0.2, 0.25) is 0 Å². The van der Waals surface area contributed by atoms with Gasteiger partial charge in [0.05, 0.1) is 10.9 Å². The molecule has 0 spiro atoms. The molecule has 0 aliphatic carbocycles. The molecule has 1 unspecified atom stereocenters. The van der Waals surface area contributed by atoms with E-state index in [2.05, 4.69) is 15.9 Å². The number of benzene rings is 1. The van der Waals surface area contributed by atoms with Crippen molar-refractivity contribution in [1.82, 2.24) is 4.90 Å². The highest BCUT2D eigenvalue weighted by molar-refractivity contribution is 9.10. The van der Waals surface area contributed by atoms with Crippen LogP contribution in [0.15, 0.2) is 22.7 Å². The van der Waals surface area contributed by atoms with Crippen molar-refractivity contribution >= 4 is 33.5 Å². The summed E-state index contributed by atoms with van der Waals surface area (Å²) >= 11 is 9.33. The minimum absolute atomic E-state index is 0.370. The predicted octanol–water partition coefficient (Wildman–Crippen LogP) is 3.26. The Bertz CT molecular complexity index is 411. The van der Waals surface area contributed by atoms with E-state index in [1.54, 1.807) is 6.92 Å². The minimum Gasteiger partial charge on any atom is -0.481 e. The van der Waals surface area contributed by atoms with Crippen LogP contribution in [0, 0.1) is 5.92 Å². The number of hydrogen-bond donors (Lipinski definition) is 1. The zero-order chi connectivity index (χ0) is 13.0. The molecule has 0 amide bonds. The highest BCUT2D eigenvalue weighted by atomic mass is 79.9. The molecule has 94 valence electrons. The molecule has 17 heavy (non-hydrogen) atoms. The van der Waals surface area contributed by atoms with Crippen LogP contribution in [0.3, 0.4) is 0 Å². The van der Waals surface area contributed by atoms with Crippen molar-refractivity contribution in [2.45, 2.75) is 13.5 Å². The molecule has 0 fully saturated rings. The van der Waals surface area contributed by atoms with Gasteiger partial charge in [-0.3, -0.25) is 4.79 Å². The van der Waals surface area contributed by atoms with Gasteiger partial charge in [-0.05, 0) is 40.7 Å². The van der Waals surface area contributed by atoms with Crippen molar-refractivity contribution in [3.63, 3.8) is 0 Å². The van der Waals surface area contributed by atoms with Crippen LogP contribution in [0.2, 0.25) is 5.02 Å². The molecular formula is C12H15BrClNO2. The van der Waals surface area contributed by atoms with E-state index in [1.165, 1.54) is 0 Å². The molecule has 0 aliphatic heterocycles. The zero-order valence-electron chi connectivity index (χ0n) is 9.78. The lowest BCUT2D eigenvalue weighted by Gasteiger charge is -2.19. The first-order chi connectivity index (χ1) is 7.90. The van der Waals surface area contributed by atoms with Crippen LogP contribution in [0.25, 0.3) is 0 Å². The summed E-state index contributed by atoms with van der Waals surface area (Å²) in [6, 6.07) is 5.75. The van der Waals surface area contributed by atoms with Crippen molar-refractivity contribution in [3.8, 4) is 0 Å². The largest absolute Gasteiger partial charge is 0.481 e. The van der Waals surface area contributed by atoms with Crippen molar-refractivity contribution in [3.05, 3.63) is 33.3 Å². The molecule has 0 saturated heterocycles. The molecule has 3 nitrogen and oxygen atoms in total. The van der Waals surface area contributed by atoms with E-state index in [1.807, 2.05) is 30.1 Å². The molecule has 0 aliphatic rings. The molecule has 0 bridgehead atoms. The van der Waals surface area contributed by atoms with E-state index in [4.69, 9.17) is 16.7 Å². The number of hydrogen-bond acceptors (Lipinski definition) is 2. The summed E-state index contributed by atoms with van der Waals surface area (Å²) in [6.45, 7) is 2.90. The van der Waals surface area contributed by atoms with Crippen molar-refractivity contribution in [2.75, 3.05) is 13.6 Å². The lowest BCUT2D eigenvalue weighted by molar-refractivity contribution is -0.141. The number of nitrogens with zero attached hydrogens (tertiary/aromatic N) is 1. The lowest BCUT2D eigenvalue weighted by atomic mass is 10.1. The molecule has 5 heteroatoms. The fourth-order valence-electron chi connectivity index (χ4n) is 1.56. The van der Waals surface area contributed by atoms with E-state index < -0.39 is 5.97 Å². The third kappa shape index (κ3) is 4.66. The normalized spacial score (nSPS) is 12.8. The van der Waals surface area contributed by atoms with Gasteiger partial charge in [-0.15, -0.1) is 0 Å². The van der Waals surface area contributed by atoms with Gasteiger partial charge in [0.1, 0.15) is 0 Å². The molecule has 1 aromatic carbocycles. The first-order valence-electron chi connectivity index (χ1n) is 5.25. The topological polar surface area (TPSA) is 40.5 Å². The van der Waals surface area contributed by atoms with Crippen LogP contribution in [0.1, 0.15) is 12.5 Å². The Balaban J connectivity index is 2.58. The van der Waals surface area contributed by atoms with Gasteiger partial charge in [0, 0.05) is 17.6 Å². The number of aliphatic carboxylic acids is 1. The number of carboxylic acid groups (broad SMARTS) is 1. The monoisotopic (exact) mass is 319 g/mol. The van der Waals surface area contributed by atoms with Crippen LogP contribution in [-0.2, 0) is 11.3 Å². The van der Waals surface area contributed by atoms with Gasteiger partial charge < -0.3 is 10.0 Å². The fraction of sp³-hybridized carbons (Fsp3) is 0.417. The molecule has 1 aromatic rings. The predicted molar refractivity (Wildman–Crippen MR) is 72.3 cm³/mol. The Morgan fingerprint density at radius 1 is 1.59 bits per heavy atom. The summed E-state index contributed by atoms with van der Waals surface area (Å²) in [5.74, 6) is -1.14. The standard InChI is InChI=1S/C12H15BrClNO2/c1-8(12(16)17)6-15(2)7-9-3-4-10(13)11(14)5-9/h3-5,8H,6-7H2,1-2H3,(H,16,17). The highest BCUT2D eigenvalue weighted by Crippen LogP contribution is 2.23. The summed E-state index contributed by atoms with van der Waals surface area (Å²) in [7, 11) is 1.90. The molecule has 1 rings (SSSR count). The molecule has 0 heterocycles. The summed E-state index contributed by atoms with van der Waals surface area (Å²) < 4.78 is 0.865. The maximum Gasteiger partial charge on any atom is 0.307 e. The second-order valence-corrected chi connectivity index (χ2v) is 5.45. The number of carbonyl (C=O) groups is 1. The summed E-state index contributed by atoms with van der Waals surface area (Å²) in [6.07, 6.45) is 0. The number of rotatable bonds is 5. The lowest BCUT2D eigenvalue weighted by Crippen LogP contribution is -2.28. The second kappa shape index (κ2) is 6.38. The van der Waals surface area contributed by atoms with Crippen molar-refractivity contribution < 1.29 is 9.90 Å². The molecule has 0 radical (unpaired) electrons. The van der Waals surface area contributed by atoms with Crippen LogP contribution < -0.4 is 0 Å².